The molecule has 20 heavy (non-hydrogen) atoms. The van der Waals surface area contributed by atoms with Crippen LogP contribution in [-0.2, 0) is 0 Å². The van der Waals surface area contributed by atoms with Crippen LogP contribution in [0.15, 0.2) is 91.0 Å². The van der Waals surface area contributed by atoms with Gasteiger partial charge in [-0.1, -0.05) is 85.5 Å². The first kappa shape index (κ1) is 12.7. The van der Waals surface area contributed by atoms with Crippen LogP contribution in [0.1, 0.15) is 23.5 Å². The van der Waals surface area contributed by atoms with Crippen molar-refractivity contribution in [1.29, 1.82) is 0 Å². The molecule has 0 nitrogen and oxygen atoms in total. The quantitative estimate of drug-likeness (QED) is 0.694. The smallest absolute Gasteiger partial charge is 0.0136 e. The van der Waals surface area contributed by atoms with Crippen LogP contribution in [0.4, 0.5) is 0 Å². The predicted octanol–water partition coefficient (Wildman–Crippen LogP) is 5.37. The molecule has 0 amide bonds. The molecular formula is C20H18. The van der Waals surface area contributed by atoms with Crippen molar-refractivity contribution in [3.8, 4) is 0 Å². The van der Waals surface area contributed by atoms with Gasteiger partial charge in [-0.25, -0.2) is 0 Å². The van der Waals surface area contributed by atoms with Crippen LogP contribution in [-0.4, -0.2) is 0 Å². The van der Waals surface area contributed by atoms with Crippen molar-refractivity contribution in [2.75, 3.05) is 0 Å². The zero-order chi connectivity index (χ0) is 13.8. The highest BCUT2D eigenvalue weighted by Gasteiger charge is 2.24. The van der Waals surface area contributed by atoms with Crippen LogP contribution < -0.4 is 0 Å². The summed E-state index contributed by atoms with van der Waals surface area (Å²) < 4.78 is 0. The molecule has 0 aromatic heterocycles. The van der Waals surface area contributed by atoms with Gasteiger partial charge in [-0.05, 0) is 28.7 Å². The van der Waals surface area contributed by atoms with Crippen LogP contribution in [0.5, 0.6) is 0 Å². The fourth-order valence-corrected chi connectivity index (χ4v) is 2.87. The summed E-state index contributed by atoms with van der Waals surface area (Å²) in [6.07, 6.45) is 7.36. The topological polar surface area (TPSA) is 0 Å². The van der Waals surface area contributed by atoms with E-state index in [-0.39, 0.29) is 0 Å². The van der Waals surface area contributed by atoms with Gasteiger partial charge in [0.05, 0.1) is 0 Å². The summed E-state index contributed by atoms with van der Waals surface area (Å²) in [7, 11) is 0. The van der Waals surface area contributed by atoms with Crippen LogP contribution in [0.2, 0.25) is 0 Å². The zero-order valence-corrected chi connectivity index (χ0v) is 11.5. The second-order valence-electron chi connectivity index (χ2n) is 5.11. The summed E-state index contributed by atoms with van der Waals surface area (Å²) in [6, 6.07) is 21.4. The zero-order valence-electron chi connectivity index (χ0n) is 11.5. The number of hydrogen-bond donors (Lipinski definition) is 0. The first-order valence-electron chi connectivity index (χ1n) is 7.02. The Balaban J connectivity index is 2.04. The van der Waals surface area contributed by atoms with E-state index in [1.807, 2.05) is 6.08 Å². The largest absolute Gasteiger partial charge is 0.0991 e. The average Bonchev–Trinajstić information content (AvgIpc) is 2.93. The van der Waals surface area contributed by atoms with Crippen molar-refractivity contribution in [3.63, 3.8) is 0 Å². The molecule has 0 radical (unpaired) electrons. The first-order valence-corrected chi connectivity index (χ1v) is 7.02. The third-order valence-electron chi connectivity index (χ3n) is 3.80. The molecule has 0 saturated carbocycles. The van der Waals surface area contributed by atoms with Gasteiger partial charge in [0, 0.05) is 5.92 Å². The number of hydrogen-bond acceptors (Lipinski definition) is 0. The van der Waals surface area contributed by atoms with Gasteiger partial charge in [-0.3, -0.25) is 0 Å². The molecular weight excluding hydrogens is 240 g/mol. The molecule has 98 valence electrons. The van der Waals surface area contributed by atoms with Crippen LogP contribution in [0, 0.1) is 0 Å². The molecule has 0 spiro atoms. The Kier molecular flexibility index (Phi) is 3.64. The molecule has 1 aliphatic rings. The lowest BCUT2D eigenvalue weighted by Crippen LogP contribution is -1.97. The average molecular weight is 258 g/mol. The van der Waals surface area contributed by atoms with Gasteiger partial charge in [0.15, 0.2) is 0 Å². The molecule has 2 aromatic carbocycles. The molecule has 1 unspecified atom stereocenters. The highest BCUT2D eigenvalue weighted by Crippen LogP contribution is 2.43. The Labute approximate surface area is 120 Å². The highest BCUT2D eigenvalue weighted by atomic mass is 14.3. The van der Waals surface area contributed by atoms with Crippen LogP contribution in [0.3, 0.4) is 0 Å². The first-order chi connectivity index (χ1) is 9.88. The maximum absolute atomic E-state index is 3.81. The lowest BCUT2D eigenvalue weighted by molar-refractivity contribution is 0.892. The van der Waals surface area contributed by atoms with E-state index in [0.717, 1.165) is 6.42 Å². The number of allylic oxidation sites excluding steroid dienone is 5. The Morgan fingerprint density at radius 3 is 2.20 bits per heavy atom. The Bertz CT molecular complexity index is 645. The Morgan fingerprint density at radius 2 is 1.55 bits per heavy atom. The van der Waals surface area contributed by atoms with Crippen molar-refractivity contribution >= 4 is 5.57 Å². The number of benzene rings is 2. The molecule has 0 heteroatoms. The minimum Gasteiger partial charge on any atom is -0.0991 e. The van der Waals surface area contributed by atoms with E-state index in [1.54, 1.807) is 0 Å². The molecule has 1 aliphatic carbocycles. The van der Waals surface area contributed by atoms with E-state index in [9.17, 15) is 0 Å². The predicted molar refractivity (Wildman–Crippen MR) is 86.5 cm³/mol. The van der Waals surface area contributed by atoms with Gasteiger partial charge in [-0.15, -0.1) is 0 Å². The third kappa shape index (κ3) is 2.50. The maximum atomic E-state index is 3.81. The normalized spacial score (nSPS) is 19.9. The molecule has 0 aliphatic heterocycles. The van der Waals surface area contributed by atoms with Gasteiger partial charge in [-0.2, -0.15) is 0 Å². The second-order valence-corrected chi connectivity index (χ2v) is 5.11. The minimum absolute atomic E-state index is 0.449. The molecule has 2 aromatic rings. The van der Waals surface area contributed by atoms with Gasteiger partial charge in [0.25, 0.3) is 0 Å². The maximum Gasteiger partial charge on any atom is 0.0136 e. The Morgan fingerprint density at radius 1 is 0.900 bits per heavy atom. The molecule has 0 bridgehead atoms. The van der Waals surface area contributed by atoms with Gasteiger partial charge < -0.3 is 0 Å². The fraction of sp³-hybridized carbons (Fsp3) is 0.100. The Hall–Kier alpha value is -2.34. The lowest BCUT2D eigenvalue weighted by Gasteiger charge is -2.15. The summed E-state index contributed by atoms with van der Waals surface area (Å²) in [5.74, 6) is 0.449. The van der Waals surface area contributed by atoms with E-state index in [1.165, 1.54) is 22.3 Å². The van der Waals surface area contributed by atoms with E-state index >= 15 is 0 Å². The van der Waals surface area contributed by atoms with Crippen molar-refractivity contribution in [1.82, 2.24) is 0 Å². The highest BCUT2D eigenvalue weighted by molar-refractivity contribution is 5.77. The lowest BCUT2D eigenvalue weighted by atomic mass is 9.88. The van der Waals surface area contributed by atoms with E-state index in [4.69, 9.17) is 0 Å². The standard InChI is InChI=1S/C20H18/c1-2-9-16-14-19(17-10-5-3-6-11-17)20(15-16)18-12-7-4-8-13-18/h2-14,20H,1,15H2/b16-9+. The van der Waals surface area contributed by atoms with Crippen LogP contribution in [0.25, 0.3) is 5.57 Å². The van der Waals surface area contributed by atoms with Crippen molar-refractivity contribution in [2.24, 2.45) is 0 Å². The SMILES string of the molecule is C=C/C=C1\C=C(c2ccccc2)C(c2ccccc2)C1. The van der Waals surface area contributed by atoms with Crippen molar-refractivity contribution < 1.29 is 0 Å². The van der Waals surface area contributed by atoms with Gasteiger partial charge >= 0.3 is 0 Å². The van der Waals surface area contributed by atoms with E-state index in [0.29, 0.717) is 5.92 Å². The fourth-order valence-electron chi connectivity index (χ4n) is 2.87. The molecule has 1 atom stereocenters. The van der Waals surface area contributed by atoms with Crippen molar-refractivity contribution in [3.05, 3.63) is 102 Å². The van der Waals surface area contributed by atoms with E-state index < -0.39 is 0 Å². The second kappa shape index (κ2) is 5.75. The van der Waals surface area contributed by atoms with Crippen molar-refractivity contribution in [2.45, 2.75) is 12.3 Å². The molecule has 3 rings (SSSR count). The molecule has 0 heterocycles. The monoisotopic (exact) mass is 258 g/mol. The summed E-state index contributed by atoms with van der Waals surface area (Å²) in [6.45, 7) is 3.81. The third-order valence-corrected chi connectivity index (χ3v) is 3.80. The minimum atomic E-state index is 0.449. The summed E-state index contributed by atoms with van der Waals surface area (Å²) in [4.78, 5) is 0. The molecule has 0 saturated heterocycles. The summed E-state index contributed by atoms with van der Waals surface area (Å²) >= 11 is 0. The van der Waals surface area contributed by atoms with Gasteiger partial charge in [0.2, 0.25) is 0 Å². The molecule has 0 fully saturated rings. The summed E-state index contributed by atoms with van der Waals surface area (Å²) in [5.41, 5.74) is 5.46. The van der Waals surface area contributed by atoms with Crippen LogP contribution >= 0.6 is 0 Å². The van der Waals surface area contributed by atoms with Gasteiger partial charge in [0.1, 0.15) is 0 Å². The van der Waals surface area contributed by atoms with E-state index in [2.05, 4.69) is 79.4 Å². The number of rotatable bonds is 3. The molecule has 0 N–H and O–H groups in total. The summed E-state index contributed by atoms with van der Waals surface area (Å²) in [5, 5.41) is 0.